The number of hydrogen-bond acceptors (Lipinski definition) is 2. The van der Waals surface area contributed by atoms with Crippen molar-refractivity contribution in [3.63, 3.8) is 0 Å². The topological polar surface area (TPSA) is 29.5 Å². The number of aliphatic hydroxyl groups is 1. The Hall–Kier alpha value is -1.44. The molecule has 1 heterocycles. The van der Waals surface area contributed by atoms with Crippen LogP contribution in [0, 0.1) is 5.92 Å². The summed E-state index contributed by atoms with van der Waals surface area (Å²) in [5.74, 6) is 0.201. The Morgan fingerprint density at radius 3 is 3.00 bits per heavy atom. The zero-order valence-electron chi connectivity index (χ0n) is 5.90. The fraction of sp³-hybridized carbons (Fsp3) is 0.111. The molecular formula is C9H8O2. The quantitative estimate of drug-likeness (QED) is 0.569. The van der Waals surface area contributed by atoms with E-state index in [1.54, 1.807) is 0 Å². The van der Waals surface area contributed by atoms with Crippen LogP contribution in [0.1, 0.15) is 0 Å². The van der Waals surface area contributed by atoms with Gasteiger partial charge in [0.1, 0.15) is 0 Å². The van der Waals surface area contributed by atoms with Crippen molar-refractivity contribution in [1.82, 2.24) is 0 Å². The second-order valence-corrected chi connectivity index (χ2v) is 2.48. The lowest BCUT2D eigenvalue weighted by molar-refractivity contribution is 0.155. The van der Waals surface area contributed by atoms with Gasteiger partial charge in [-0.05, 0) is 6.08 Å². The summed E-state index contributed by atoms with van der Waals surface area (Å²) in [5, 5.41) is 9.23. The Morgan fingerprint density at radius 2 is 2.18 bits per heavy atom. The molecule has 56 valence electrons. The van der Waals surface area contributed by atoms with Crippen molar-refractivity contribution in [2.45, 2.75) is 0 Å². The molecule has 2 rings (SSSR count). The average Bonchev–Trinajstić information content (AvgIpc) is 2.06. The van der Waals surface area contributed by atoms with Gasteiger partial charge in [-0.2, -0.15) is 0 Å². The Labute approximate surface area is 64.8 Å². The molecule has 1 aliphatic heterocycles. The lowest BCUT2D eigenvalue weighted by Crippen LogP contribution is -2.07. The highest BCUT2D eigenvalue weighted by molar-refractivity contribution is 5.38. The summed E-state index contributed by atoms with van der Waals surface area (Å²) in [7, 11) is 0. The van der Waals surface area contributed by atoms with Crippen molar-refractivity contribution in [3.05, 3.63) is 48.2 Å². The predicted molar refractivity (Wildman–Crippen MR) is 41.6 cm³/mol. The molecule has 2 nitrogen and oxygen atoms in total. The van der Waals surface area contributed by atoms with Crippen molar-refractivity contribution in [3.8, 4) is 0 Å². The number of allylic oxidation sites excluding steroid dienone is 6. The van der Waals surface area contributed by atoms with Crippen molar-refractivity contribution in [1.29, 1.82) is 0 Å². The minimum Gasteiger partial charge on any atom is -0.480 e. The SMILES string of the molecule is OC1=C2C=CC=CC2C=CO1. The zero-order valence-corrected chi connectivity index (χ0v) is 5.90. The monoisotopic (exact) mass is 148 g/mol. The zero-order chi connectivity index (χ0) is 7.68. The molecule has 0 amide bonds. The van der Waals surface area contributed by atoms with Crippen LogP contribution in [0.4, 0.5) is 0 Å². The lowest BCUT2D eigenvalue weighted by atomic mass is 9.94. The molecular weight excluding hydrogens is 140 g/mol. The van der Waals surface area contributed by atoms with Crippen LogP contribution < -0.4 is 0 Å². The molecule has 2 aliphatic rings. The lowest BCUT2D eigenvalue weighted by Gasteiger charge is -2.17. The second kappa shape index (κ2) is 2.31. The summed E-state index contributed by atoms with van der Waals surface area (Å²) in [6.07, 6.45) is 11.1. The number of fused-ring (bicyclic) bond motifs is 1. The van der Waals surface area contributed by atoms with Gasteiger partial charge in [0.2, 0.25) is 0 Å². The fourth-order valence-electron chi connectivity index (χ4n) is 1.20. The second-order valence-electron chi connectivity index (χ2n) is 2.48. The molecule has 0 saturated heterocycles. The molecule has 0 bridgehead atoms. The number of aliphatic hydroxyl groups excluding tert-OH is 1. The first-order valence-corrected chi connectivity index (χ1v) is 3.49. The van der Waals surface area contributed by atoms with Crippen LogP contribution in [-0.2, 0) is 4.74 Å². The summed E-state index contributed by atoms with van der Waals surface area (Å²) in [4.78, 5) is 0. The van der Waals surface area contributed by atoms with Gasteiger partial charge in [-0.1, -0.05) is 24.3 Å². The molecule has 0 spiro atoms. The van der Waals surface area contributed by atoms with E-state index in [0.717, 1.165) is 5.57 Å². The summed E-state index contributed by atoms with van der Waals surface area (Å²) in [5.41, 5.74) is 0.829. The third kappa shape index (κ3) is 0.963. The predicted octanol–water partition coefficient (Wildman–Crippen LogP) is 2.04. The van der Waals surface area contributed by atoms with Crippen LogP contribution in [0.2, 0.25) is 0 Å². The molecule has 1 atom stereocenters. The third-order valence-corrected chi connectivity index (χ3v) is 1.78. The van der Waals surface area contributed by atoms with Crippen LogP contribution in [0.25, 0.3) is 0 Å². The smallest absolute Gasteiger partial charge is 0.285 e. The average molecular weight is 148 g/mol. The van der Waals surface area contributed by atoms with Crippen molar-refractivity contribution >= 4 is 0 Å². The van der Waals surface area contributed by atoms with E-state index in [0.29, 0.717) is 0 Å². The number of ether oxygens (including phenoxy) is 1. The van der Waals surface area contributed by atoms with Gasteiger partial charge in [0.15, 0.2) is 0 Å². The Morgan fingerprint density at radius 1 is 1.27 bits per heavy atom. The van der Waals surface area contributed by atoms with Gasteiger partial charge in [0, 0.05) is 11.5 Å². The van der Waals surface area contributed by atoms with Gasteiger partial charge < -0.3 is 9.84 Å². The maximum Gasteiger partial charge on any atom is 0.285 e. The minimum absolute atomic E-state index is 0.0121. The van der Waals surface area contributed by atoms with Crippen LogP contribution in [0.15, 0.2) is 48.2 Å². The summed E-state index contributed by atoms with van der Waals surface area (Å²) in [6.45, 7) is 0. The summed E-state index contributed by atoms with van der Waals surface area (Å²) >= 11 is 0. The van der Waals surface area contributed by atoms with Crippen LogP contribution in [-0.4, -0.2) is 5.11 Å². The van der Waals surface area contributed by atoms with E-state index in [2.05, 4.69) is 0 Å². The minimum atomic E-state index is 0.0121. The molecule has 1 unspecified atom stereocenters. The van der Waals surface area contributed by atoms with E-state index >= 15 is 0 Å². The van der Waals surface area contributed by atoms with Crippen LogP contribution in [0.5, 0.6) is 0 Å². The maximum atomic E-state index is 9.23. The molecule has 0 saturated carbocycles. The molecule has 0 aromatic carbocycles. The van der Waals surface area contributed by atoms with Gasteiger partial charge >= 0.3 is 0 Å². The highest BCUT2D eigenvalue weighted by Gasteiger charge is 2.17. The van der Waals surface area contributed by atoms with Gasteiger partial charge in [0.05, 0.1) is 6.26 Å². The first-order valence-electron chi connectivity index (χ1n) is 3.49. The molecule has 0 aromatic heterocycles. The first kappa shape index (κ1) is 6.28. The number of hydrogen-bond donors (Lipinski definition) is 1. The van der Waals surface area contributed by atoms with E-state index in [1.165, 1.54) is 6.26 Å². The molecule has 0 fully saturated rings. The number of rotatable bonds is 0. The van der Waals surface area contributed by atoms with Gasteiger partial charge in [-0.3, -0.25) is 0 Å². The third-order valence-electron chi connectivity index (χ3n) is 1.78. The Balaban J connectivity index is 2.40. The first-order chi connectivity index (χ1) is 5.38. The largest absolute Gasteiger partial charge is 0.480 e. The van der Waals surface area contributed by atoms with Crippen LogP contribution >= 0.6 is 0 Å². The van der Waals surface area contributed by atoms with Gasteiger partial charge in [-0.15, -0.1) is 0 Å². The van der Waals surface area contributed by atoms with Crippen molar-refractivity contribution < 1.29 is 9.84 Å². The molecule has 2 heteroatoms. The summed E-state index contributed by atoms with van der Waals surface area (Å²) < 4.78 is 4.82. The van der Waals surface area contributed by atoms with E-state index < -0.39 is 0 Å². The van der Waals surface area contributed by atoms with Crippen molar-refractivity contribution in [2.75, 3.05) is 0 Å². The maximum absolute atomic E-state index is 9.23. The normalized spacial score (nSPS) is 26.7. The summed E-state index contributed by atoms with van der Waals surface area (Å²) in [6, 6.07) is 0. The van der Waals surface area contributed by atoms with E-state index in [9.17, 15) is 5.11 Å². The standard InChI is InChI=1S/C9H8O2/c10-9-8-4-2-1-3-7(8)5-6-11-9/h1-7,10H. The molecule has 11 heavy (non-hydrogen) atoms. The Bertz CT molecular complexity index is 282. The highest BCUT2D eigenvalue weighted by Crippen LogP contribution is 2.26. The van der Waals surface area contributed by atoms with Gasteiger partial charge in [-0.25, -0.2) is 0 Å². The van der Waals surface area contributed by atoms with E-state index in [4.69, 9.17) is 4.74 Å². The van der Waals surface area contributed by atoms with Crippen LogP contribution in [0.3, 0.4) is 0 Å². The van der Waals surface area contributed by atoms with E-state index in [-0.39, 0.29) is 11.9 Å². The highest BCUT2D eigenvalue weighted by atomic mass is 16.6. The fourth-order valence-corrected chi connectivity index (χ4v) is 1.20. The molecule has 1 aliphatic carbocycles. The molecule has 1 N–H and O–H groups in total. The Kier molecular flexibility index (Phi) is 1.32. The molecule has 0 radical (unpaired) electrons. The van der Waals surface area contributed by atoms with Crippen molar-refractivity contribution in [2.24, 2.45) is 5.92 Å². The van der Waals surface area contributed by atoms with E-state index in [1.807, 2.05) is 30.4 Å². The van der Waals surface area contributed by atoms with Gasteiger partial charge in [0.25, 0.3) is 5.95 Å². The molecule has 0 aromatic rings.